The molecule has 0 aliphatic carbocycles. The highest BCUT2D eigenvalue weighted by molar-refractivity contribution is 5.53. The van der Waals surface area contributed by atoms with Gasteiger partial charge in [-0.25, -0.2) is 0 Å². The molecule has 4 heteroatoms. The van der Waals surface area contributed by atoms with Gasteiger partial charge in [0.25, 0.3) is 5.89 Å². The topological polar surface area (TPSA) is 51.0 Å². The molecule has 0 aliphatic heterocycles. The van der Waals surface area contributed by atoms with Crippen LogP contribution >= 0.6 is 0 Å². The molecule has 0 atom stereocenters. The Hall–Kier alpha value is -1.68. The summed E-state index contributed by atoms with van der Waals surface area (Å²) in [6.45, 7) is 7.20. The van der Waals surface area contributed by atoms with Crippen molar-refractivity contribution >= 4 is 0 Å². The minimum Gasteiger partial charge on any atom is -0.334 e. The van der Waals surface area contributed by atoms with E-state index in [0.29, 0.717) is 18.3 Å². The summed E-state index contributed by atoms with van der Waals surface area (Å²) in [5, 5.41) is 6.90. The SMILES string of the molecule is CNCc1noc(-c2ccc(C(C)(C)C)cc2)n1. The maximum absolute atomic E-state index is 5.23. The van der Waals surface area contributed by atoms with E-state index in [1.54, 1.807) is 0 Å². The van der Waals surface area contributed by atoms with E-state index in [2.05, 4.69) is 48.4 Å². The van der Waals surface area contributed by atoms with Crippen molar-refractivity contribution in [3.8, 4) is 11.5 Å². The number of aromatic nitrogens is 2. The molecule has 0 unspecified atom stereocenters. The molecule has 2 aromatic rings. The Balaban J connectivity index is 2.23. The van der Waals surface area contributed by atoms with E-state index in [1.807, 2.05) is 19.2 Å². The molecule has 0 spiro atoms. The first-order valence-corrected chi connectivity index (χ1v) is 6.09. The molecule has 18 heavy (non-hydrogen) atoms. The third-order valence-corrected chi connectivity index (χ3v) is 2.80. The smallest absolute Gasteiger partial charge is 0.257 e. The first-order chi connectivity index (χ1) is 8.50. The Labute approximate surface area is 107 Å². The van der Waals surface area contributed by atoms with Crippen molar-refractivity contribution in [2.75, 3.05) is 7.05 Å². The minimum absolute atomic E-state index is 0.157. The minimum atomic E-state index is 0.157. The van der Waals surface area contributed by atoms with Crippen LogP contribution in [0.2, 0.25) is 0 Å². The van der Waals surface area contributed by atoms with Gasteiger partial charge in [-0.2, -0.15) is 4.98 Å². The molecule has 0 saturated carbocycles. The zero-order valence-corrected chi connectivity index (χ0v) is 11.3. The van der Waals surface area contributed by atoms with Gasteiger partial charge in [0.1, 0.15) is 0 Å². The molecular weight excluding hydrogens is 226 g/mol. The number of hydrogen-bond donors (Lipinski definition) is 1. The van der Waals surface area contributed by atoms with Crippen molar-refractivity contribution in [1.29, 1.82) is 0 Å². The van der Waals surface area contributed by atoms with Gasteiger partial charge in [-0.1, -0.05) is 38.1 Å². The predicted octanol–water partition coefficient (Wildman–Crippen LogP) is 2.75. The fourth-order valence-electron chi connectivity index (χ4n) is 1.71. The van der Waals surface area contributed by atoms with Crippen LogP contribution in [0, 0.1) is 0 Å². The average Bonchev–Trinajstić information content (AvgIpc) is 2.77. The van der Waals surface area contributed by atoms with Gasteiger partial charge in [0.15, 0.2) is 5.82 Å². The van der Waals surface area contributed by atoms with Crippen molar-refractivity contribution in [1.82, 2.24) is 15.5 Å². The van der Waals surface area contributed by atoms with Crippen LogP contribution in [0.4, 0.5) is 0 Å². The second-order valence-corrected chi connectivity index (χ2v) is 5.37. The second kappa shape index (κ2) is 4.90. The molecule has 1 aromatic heterocycles. The fourth-order valence-corrected chi connectivity index (χ4v) is 1.71. The summed E-state index contributed by atoms with van der Waals surface area (Å²) >= 11 is 0. The molecular formula is C14H19N3O. The number of benzene rings is 1. The third-order valence-electron chi connectivity index (χ3n) is 2.80. The van der Waals surface area contributed by atoms with E-state index in [9.17, 15) is 0 Å². The molecule has 0 fully saturated rings. The lowest BCUT2D eigenvalue weighted by atomic mass is 9.87. The molecule has 0 saturated heterocycles. The summed E-state index contributed by atoms with van der Waals surface area (Å²) in [5.74, 6) is 1.24. The molecule has 4 nitrogen and oxygen atoms in total. The molecule has 2 rings (SSSR count). The Kier molecular flexibility index (Phi) is 3.48. The number of nitrogens with one attached hydrogen (secondary N) is 1. The Morgan fingerprint density at radius 3 is 2.39 bits per heavy atom. The molecule has 0 aliphatic rings. The zero-order chi connectivity index (χ0) is 13.2. The van der Waals surface area contributed by atoms with Gasteiger partial charge in [-0.3, -0.25) is 0 Å². The van der Waals surface area contributed by atoms with Crippen LogP contribution in [0.25, 0.3) is 11.5 Å². The summed E-state index contributed by atoms with van der Waals surface area (Å²) in [6, 6.07) is 8.27. The lowest BCUT2D eigenvalue weighted by Crippen LogP contribution is -2.10. The monoisotopic (exact) mass is 245 g/mol. The van der Waals surface area contributed by atoms with Crippen molar-refractivity contribution in [2.24, 2.45) is 0 Å². The van der Waals surface area contributed by atoms with Crippen LogP contribution in [0.15, 0.2) is 28.8 Å². The average molecular weight is 245 g/mol. The quantitative estimate of drug-likeness (QED) is 0.903. The van der Waals surface area contributed by atoms with Gasteiger partial charge in [-0.05, 0) is 30.2 Å². The van der Waals surface area contributed by atoms with E-state index in [1.165, 1.54) is 5.56 Å². The lowest BCUT2D eigenvalue weighted by molar-refractivity contribution is 0.420. The number of nitrogens with zero attached hydrogens (tertiary/aromatic N) is 2. The van der Waals surface area contributed by atoms with Gasteiger partial charge >= 0.3 is 0 Å². The first-order valence-electron chi connectivity index (χ1n) is 6.09. The third kappa shape index (κ3) is 2.76. The number of rotatable bonds is 3. The van der Waals surface area contributed by atoms with Crippen LogP contribution in [-0.2, 0) is 12.0 Å². The van der Waals surface area contributed by atoms with E-state index in [0.717, 1.165) is 5.56 Å². The van der Waals surface area contributed by atoms with Crippen LogP contribution < -0.4 is 5.32 Å². The maximum atomic E-state index is 5.23. The normalized spacial score (nSPS) is 11.8. The first kappa shape index (κ1) is 12.8. The van der Waals surface area contributed by atoms with Crippen LogP contribution in [0.3, 0.4) is 0 Å². The lowest BCUT2D eigenvalue weighted by Gasteiger charge is -2.18. The van der Waals surface area contributed by atoms with E-state index in [-0.39, 0.29) is 5.41 Å². The Morgan fingerprint density at radius 1 is 1.17 bits per heavy atom. The fraction of sp³-hybridized carbons (Fsp3) is 0.429. The van der Waals surface area contributed by atoms with Gasteiger partial charge in [0, 0.05) is 5.56 Å². The summed E-state index contributed by atoms with van der Waals surface area (Å²) in [4.78, 5) is 4.32. The summed E-state index contributed by atoms with van der Waals surface area (Å²) in [6.07, 6.45) is 0. The number of hydrogen-bond acceptors (Lipinski definition) is 4. The molecule has 1 N–H and O–H groups in total. The van der Waals surface area contributed by atoms with Gasteiger partial charge in [0.05, 0.1) is 6.54 Å². The highest BCUT2D eigenvalue weighted by Crippen LogP contribution is 2.25. The van der Waals surface area contributed by atoms with Gasteiger partial charge in [-0.15, -0.1) is 0 Å². The summed E-state index contributed by atoms with van der Waals surface area (Å²) < 4.78 is 5.23. The standard InChI is InChI=1S/C14H19N3O/c1-14(2,3)11-7-5-10(6-8-11)13-16-12(9-15-4)17-18-13/h5-8,15H,9H2,1-4H3. The Bertz CT molecular complexity index is 509. The van der Waals surface area contributed by atoms with Crippen molar-refractivity contribution in [3.05, 3.63) is 35.7 Å². The molecule has 0 bridgehead atoms. The zero-order valence-electron chi connectivity index (χ0n) is 11.3. The van der Waals surface area contributed by atoms with Crippen LogP contribution in [0.5, 0.6) is 0 Å². The van der Waals surface area contributed by atoms with Crippen LogP contribution in [0.1, 0.15) is 32.2 Å². The molecule has 1 heterocycles. The highest BCUT2D eigenvalue weighted by atomic mass is 16.5. The molecule has 0 amide bonds. The van der Waals surface area contributed by atoms with E-state index < -0.39 is 0 Å². The van der Waals surface area contributed by atoms with Crippen LogP contribution in [-0.4, -0.2) is 17.2 Å². The van der Waals surface area contributed by atoms with Crippen molar-refractivity contribution in [3.63, 3.8) is 0 Å². The molecule has 1 aromatic carbocycles. The predicted molar refractivity (Wildman–Crippen MR) is 71.2 cm³/mol. The highest BCUT2D eigenvalue weighted by Gasteiger charge is 2.14. The molecule has 96 valence electrons. The second-order valence-electron chi connectivity index (χ2n) is 5.37. The van der Waals surface area contributed by atoms with E-state index >= 15 is 0 Å². The summed E-state index contributed by atoms with van der Waals surface area (Å²) in [5.41, 5.74) is 2.41. The largest absolute Gasteiger partial charge is 0.334 e. The van der Waals surface area contributed by atoms with E-state index in [4.69, 9.17) is 4.52 Å². The Morgan fingerprint density at radius 2 is 1.83 bits per heavy atom. The van der Waals surface area contributed by atoms with Gasteiger partial charge in [0.2, 0.25) is 0 Å². The summed E-state index contributed by atoms with van der Waals surface area (Å²) in [7, 11) is 1.86. The van der Waals surface area contributed by atoms with Crippen molar-refractivity contribution < 1.29 is 4.52 Å². The van der Waals surface area contributed by atoms with Crippen molar-refractivity contribution in [2.45, 2.75) is 32.7 Å². The van der Waals surface area contributed by atoms with Gasteiger partial charge < -0.3 is 9.84 Å². The molecule has 0 radical (unpaired) electrons. The maximum Gasteiger partial charge on any atom is 0.257 e.